The maximum atomic E-state index is 12.1. The van der Waals surface area contributed by atoms with E-state index in [1.165, 1.54) is 0 Å². The molecule has 2 atom stereocenters. The SMILES string of the molecule is COc1cccc([C@@H]2[C@@H](N)C(=O)N2Cc2ccccc2)c1. The van der Waals surface area contributed by atoms with Crippen LogP contribution in [0.1, 0.15) is 17.2 Å². The van der Waals surface area contributed by atoms with Gasteiger partial charge in [0.2, 0.25) is 5.91 Å². The number of hydrogen-bond acceptors (Lipinski definition) is 3. The third-order valence-corrected chi connectivity index (χ3v) is 3.88. The summed E-state index contributed by atoms with van der Waals surface area (Å²) in [5, 5.41) is 0. The molecule has 0 radical (unpaired) electrons. The summed E-state index contributed by atoms with van der Waals surface area (Å²) in [5.41, 5.74) is 8.12. The third kappa shape index (κ3) is 2.50. The lowest BCUT2D eigenvalue weighted by Gasteiger charge is -2.45. The molecule has 2 N–H and O–H groups in total. The minimum absolute atomic E-state index is 0.00771. The minimum atomic E-state index is -0.471. The Labute approximate surface area is 124 Å². The van der Waals surface area contributed by atoms with Gasteiger partial charge in [-0.2, -0.15) is 0 Å². The second-order valence-electron chi connectivity index (χ2n) is 5.20. The quantitative estimate of drug-likeness (QED) is 0.874. The highest BCUT2D eigenvalue weighted by Crippen LogP contribution is 2.36. The van der Waals surface area contributed by atoms with Crippen LogP contribution >= 0.6 is 0 Å². The van der Waals surface area contributed by atoms with Crippen LogP contribution in [0.5, 0.6) is 5.75 Å². The molecule has 1 aliphatic heterocycles. The van der Waals surface area contributed by atoms with Crippen LogP contribution in [0.15, 0.2) is 54.6 Å². The molecule has 4 heteroatoms. The Hall–Kier alpha value is -2.33. The molecule has 1 aliphatic rings. The Bertz CT molecular complexity index is 642. The molecule has 108 valence electrons. The second kappa shape index (κ2) is 5.58. The molecule has 0 aromatic heterocycles. The van der Waals surface area contributed by atoms with Crippen molar-refractivity contribution < 1.29 is 9.53 Å². The van der Waals surface area contributed by atoms with Crippen LogP contribution in [0.4, 0.5) is 0 Å². The molecular weight excluding hydrogens is 264 g/mol. The number of amides is 1. The van der Waals surface area contributed by atoms with Gasteiger partial charge < -0.3 is 15.4 Å². The molecule has 1 saturated heterocycles. The molecule has 1 amide bonds. The summed E-state index contributed by atoms with van der Waals surface area (Å²) >= 11 is 0. The highest BCUT2D eigenvalue weighted by molar-refractivity contribution is 5.89. The smallest absolute Gasteiger partial charge is 0.242 e. The zero-order valence-electron chi connectivity index (χ0n) is 11.9. The first-order chi connectivity index (χ1) is 10.2. The molecule has 2 aromatic rings. The first-order valence-corrected chi connectivity index (χ1v) is 6.94. The van der Waals surface area contributed by atoms with Crippen LogP contribution < -0.4 is 10.5 Å². The fourth-order valence-electron chi connectivity index (χ4n) is 2.74. The summed E-state index contributed by atoms with van der Waals surface area (Å²) in [6.45, 7) is 0.579. The Morgan fingerprint density at radius 1 is 1.14 bits per heavy atom. The van der Waals surface area contributed by atoms with Crippen molar-refractivity contribution in [1.29, 1.82) is 0 Å². The van der Waals surface area contributed by atoms with Crippen molar-refractivity contribution in [3.63, 3.8) is 0 Å². The van der Waals surface area contributed by atoms with Crippen molar-refractivity contribution >= 4 is 5.91 Å². The van der Waals surface area contributed by atoms with Crippen molar-refractivity contribution in [2.75, 3.05) is 7.11 Å². The van der Waals surface area contributed by atoms with Crippen LogP contribution in [-0.2, 0) is 11.3 Å². The van der Waals surface area contributed by atoms with E-state index in [1.807, 2.05) is 59.5 Å². The van der Waals surface area contributed by atoms with Crippen LogP contribution in [0.3, 0.4) is 0 Å². The van der Waals surface area contributed by atoms with Crippen LogP contribution in [0.2, 0.25) is 0 Å². The van der Waals surface area contributed by atoms with Gasteiger partial charge in [-0.3, -0.25) is 4.79 Å². The number of β-lactam (4-membered cyclic amide) rings is 1. The van der Waals surface area contributed by atoms with Gasteiger partial charge in [0.15, 0.2) is 0 Å². The van der Waals surface area contributed by atoms with E-state index in [-0.39, 0.29) is 11.9 Å². The van der Waals surface area contributed by atoms with E-state index in [1.54, 1.807) is 7.11 Å². The van der Waals surface area contributed by atoms with E-state index in [9.17, 15) is 4.79 Å². The van der Waals surface area contributed by atoms with Crippen molar-refractivity contribution in [2.45, 2.75) is 18.6 Å². The zero-order valence-corrected chi connectivity index (χ0v) is 11.9. The number of rotatable bonds is 4. The Kier molecular flexibility index (Phi) is 3.62. The maximum absolute atomic E-state index is 12.1. The number of nitrogens with zero attached hydrogens (tertiary/aromatic N) is 1. The summed E-state index contributed by atoms with van der Waals surface area (Å²) in [7, 11) is 1.63. The van der Waals surface area contributed by atoms with E-state index in [4.69, 9.17) is 10.5 Å². The monoisotopic (exact) mass is 282 g/mol. The standard InChI is InChI=1S/C17H18N2O2/c1-21-14-9-5-8-13(10-14)16-15(18)17(20)19(16)11-12-6-3-2-4-7-12/h2-10,15-16H,11,18H2,1H3/t15-,16-/m1/s1. The number of nitrogens with two attached hydrogens (primary N) is 1. The lowest BCUT2D eigenvalue weighted by Crippen LogP contribution is -2.62. The van der Waals surface area contributed by atoms with E-state index in [2.05, 4.69) is 0 Å². The fraction of sp³-hybridized carbons (Fsp3) is 0.235. The molecule has 21 heavy (non-hydrogen) atoms. The van der Waals surface area contributed by atoms with Gasteiger partial charge in [0.25, 0.3) is 0 Å². The van der Waals surface area contributed by atoms with Crippen LogP contribution in [0, 0.1) is 0 Å². The van der Waals surface area contributed by atoms with Crippen molar-refractivity contribution in [2.24, 2.45) is 5.73 Å². The highest BCUT2D eigenvalue weighted by atomic mass is 16.5. The minimum Gasteiger partial charge on any atom is -0.497 e. The third-order valence-electron chi connectivity index (χ3n) is 3.88. The number of hydrogen-bond donors (Lipinski definition) is 1. The van der Waals surface area contributed by atoms with Crippen molar-refractivity contribution in [1.82, 2.24) is 4.90 Å². The van der Waals surface area contributed by atoms with Gasteiger partial charge >= 0.3 is 0 Å². The molecule has 3 rings (SSSR count). The van der Waals surface area contributed by atoms with Crippen LogP contribution in [0.25, 0.3) is 0 Å². The molecular formula is C17H18N2O2. The lowest BCUT2D eigenvalue weighted by molar-refractivity contribution is -0.150. The summed E-state index contributed by atoms with van der Waals surface area (Å²) < 4.78 is 5.24. The number of carbonyl (C=O) groups excluding carboxylic acids is 1. The number of benzene rings is 2. The largest absolute Gasteiger partial charge is 0.497 e. The Morgan fingerprint density at radius 2 is 1.90 bits per heavy atom. The van der Waals surface area contributed by atoms with Crippen molar-refractivity contribution in [3.05, 3.63) is 65.7 Å². The summed E-state index contributed by atoms with van der Waals surface area (Å²) in [6.07, 6.45) is 0. The number of likely N-dealkylation sites (tertiary alicyclic amines) is 1. The zero-order chi connectivity index (χ0) is 14.8. The number of ether oxygens (including phenoxy) is 1. The van der Waals surface area contributed by atoms with Gasteiger partial charge in [0.1, 0.15) is 11.8 Å². The Morgan fingerprint density at radius 3 is 2.62 bits per heavy atom. The first-order valence-electron chi connectivity index (χ1n) is 6.94. The second-order valence-corrected chi connectivity index (χ2v) is 5.20. The summed E-state index contributed by atoms with van der Waals surface area (Å²) in [4.78, 5) is 13.9. The average Bonchev–Trinajstić information content (AvgIpc) is 2.55. The predicted octanol–water partition coefficient (Wildman–Crippen LogP) is 2.11. The number of carbonyl (C=O) groups is 1. The summed E-state index contributed by atoms with van der Waals surface area (Å²) in [6, 6.07) is 17.1. The molecule has 0 unspecified atom stereocenters. The Balaban J connectivity index is 1.84. The topological polar surface area (TPSA) is 55.6 Å². The number of methoxy groups -OCH3 is 1. The molecule has 4 nitrogen and oxygen atoms in total. The van der Waals surface area contributed by atoms with Gasteiger partial charge in [0, 0.05) is 6.54 Å². The fourth-order valence-corrected chi connectivity index (χ4v) is 2.74. The molecule has 1 fully saturated rings. The molecule has 1 heterocycles. The highest BCUT2D eigenvalue weighted by Gasteiger charge is 2.45. The van der Waals surface area contributed by atoms with Gasteiger partial charge in [-0.15, -0.1) is 0 Å². The van der Waals surface area contributed by atoms with Gasteiger partial charge in [-0.25, -0.2) is 0 Å². The first kappa shape index (κ1) is 13.6. The molecule has 0 bridgehead atoms. The lowest BCUT2D eigenvalue weighted by atomic mass is 9.88. The van der Waals surface area contributed by atoms with Gasteiger partial charge in [-0.1, -0.05) is 42.5 Å². The molecule has 2 aromatic carbocycles. The molecule has 0 spiro atoms. The van der Waals surface area contributed by atoms with E-state index in [0.29, 0.717) is 6.54 Å². The normalized spacial score (nSPS) is 21.0. The average molecular weight is 282 g/mol. The summed E-state index contributed by atoms with van der Waals surface area (Å²) in [5.74, 6) is 0.769. The van der Waals surface area contributed by atoms with Crippen molar-refractivity contribution in [3.8, 4) is 5.75 Å². The van der Waals surface area contributed by atoms with Gasteiger partial charge in [-0.05, 0) is 23.3 Å². The van der Waals surface area contributed by atoms with E-state index >= 15 is 0 Å². The molecule has 0 aliphatic carbocycles. The molecule has 0 saturated carbocycles. The van der Waals surface area contributed by atoms with Crippen LogP contribution in [-0.4, -0.2) is 24.0 Å². The predicted molar refractivity (Wildman–Crippen MR) is 80.7 cm³/mol. The van der Waals surface area contributed by atoms with E-state index < -0.39 is 6.04 Å². The van der Waals surface area contributed by atoms with E-state index in [0.717, 1.165) is 16.9 Å². The maximum Gasteiger partial charge on any atom is 0.242 e. The van der Waals surface area contributed by atoms with Gasteiger partial charge in [0.05, 0.1) is 13.2 Å².